The zero-order chi connectivity index (χ0) is 16.4. The van der Waals surface area contributed by atoms with Crippen LogP contribution in [0.2, 0.25) is 0 Å². The Kier molecular flexibility index (Phi) is 4.35. The molecule has 0 saturated heterocycles. The number of anilines is 1. The highest BCUT2D eigenvalue weighted by Crippen LogP contribution is 2.28. The smallest absolute Gasteiger partial charge is 0.257 e. The molecule has 0 aliphatic heterocycles. The molecule has 1 unspecified atom stereocenters. The summed E-state index contributed by atoms with van der Waals surface area (Å²) >= 11 is 2.46. The van der Waals surface area contributed by atoms with Crippen LogP contribution in [0.1, 0.15) is 17.3 Å². The second-order valence-corrected chi connectivity index (χ2v) is 6.93. The molecule has 1 atom stereocenters. The quantitative estimate of drug-likeness (QED) is 0.691. The molecule has 2 amide bonds. The van der Waals surface area contributed by atoms with Gasteiger partial charge in [0.2, 0.25) is 5.91 Å². The van der Waals surface area contributed by atoms with Crippen molar-refractivity contribution in [1.29, 1.82) is 0 Å². The lowest BCUT2D eigenvalue weighted by Gasteiger charge is -2.09. The third kappa shape index (κ3) is 3.38. The molecular formula is C15H13N3O3S2. The number of nitrogens with two attached hydrogens (primary N) is 1. The molecule has 0 fully saturated rings. The van der Waals surface area contributed by atoms with Crippen LogP contribution < -0.4 is 11.1 Å². The standard InChI is InChI=1S/C15H13N3O3S2/c1-8(13(20)18-14-9(12(16)19)6-7-22-14)23-15-17-10-4-2-3-5-11(10)21-15/h2-8H,1H3,(H2,16,19)(H,18,20). The van der Waals surface area contributed by atoms with Gasteiger partial charge in [-0.15, -0.1) is 11.3 Å². The Morgan fingerprint density at radius 2 is 2.13 bits per heavy atom. The summed E-state index contributed by atoms with van der Waals surface area (Å²) in [5.74, 6) is -0.817. The minimum atomic E-state index is -0.569. The van der Waals surface area contributed by atoms with E-state index in [2.05, 4.69) is 10.3 Å². The van der Waals surface area contributed by atoms with Crippen molar-refractivity contribution in [2.75, 3.05) is 5.32 Å². The average Bonchev–Trinajstić information content (AvgIpc) is 3.12. The van der Waals surface area contributed by atoms with Crippen LogP contribution in [0.25, 0.3) is 11.1 Å². The number of carbonyl (C=O) groups is 2. The fourth-order valence-corrected chi connectivity index (χ4v) is 3.47. The number of thioether (sulfide) groups is 1. The number of carbonyl (C=O) groups excluding carboxylic acids is 2. The van der Waals surface area contributed by atoms with Gasteiger partial charge in [-0.3, -0.25) is 9.59 Å². The number of rotatable bonds is 5. The average molecular weight is 347 g/mol. The van der Waals surface area contributed by atoms with Crippen molar-refractivity contribution in [3.05, 3.63) is 41.3 Å². The molecule has 3 aromatic rings. The summed E-state index contributed by atoms with van der Waals surface area (Å²) in [4.78, 5) is 27.9. The number of hydrogen-bond donors (Lipinski definition) is 2. The van der Waals surface area contributed by atoms with Gasteiger partial charge in [-0.05, 0) is 30.5 Å². The maximum Gasteiger partial charge on any atom is 0.257 e. The van der Waals surface area contributed by atoms with E-state index < -0.39 is 11.2 Å². The third-order valence-corrected chi connectivity index (χ3v) is 4.86. The number of nitrogens with zero attached hydrogens (tertiary/aromatic N) is 1. The Morgan fingerprint density at radius 1 is 1.35 bits per heavy atom. The first-order valence-corrected chi connectivity index (χ1v) is 8.51. The predicted octanol–water partition coefficient (Wildman–Crippen LogP) is 3.11. The lowest BCUT2D eigenvalue weighted by Crippen LogP contribution is -2.23. The number of oxazole rings is 1. The molecule has 1 aromatic carbocycles. The summed E-state index contributed by atoms with van der Waals surface area (Å²) in [5.41, 5.74) is 7.00. The molecule has 0 radical (unpaired) electrons. The van der Waals surface area contributed by atoms with Crippen LogP contribution in [0.15, 0.2) is 45.4 Å². The minimum Gasteiger partial charge on any atom is -0.431 e. The summed E-state index contributed by atoms with van der Waals surface area (Å²) in [6.45, 7) is 1.74. The van der Waals surface area contributed by atoms with Crippen molar-refractivity contribution in [2.24, 2.45) is 5.73 Å². The Bertz CT molecular complexity index is 839. The number of hydrogen-bond acceptors (Lipinski definition) is 6. The fraction of sp³-hybridized carbons (Fsp3) is 0.133. The molecule has 0 saturated carbocycles. The lowest BCUT2D eigenvalue weighted by molar-refractivity contribution is -0.115. The molecule has 3 N–H and O–H groups in total. The highest BCUT2D eigenvalue weighted by Gasteiger charge is 2.20. The minimum absolute atomic E-state index is 0.248. The van der Waals surface area contributed by atoms with Gasteiger partial charge in [0, 0.05) is 0 Å². The summed E-state index contributed by atoms with van der Waals surface area (Å²) in [7, 11) is 0. The van der Waals surface area contributed by atoms with E-state index in [4.69, 9.17) is 10.2 Å². The number of amides is 2. The van der Waals surface area contributed by atoms with E-state index in [-0.39, 0.29) is 5.91 Å². The summed E-state index contributed by atoms with van der Waals surface area (Å²) in [6, 6.07) is 8.99. The van der Waals surface area contributed by atoms with Gasteiger partial charge < -0.3 is 15.5 Å². The number of aromatic nitrogens is 1. The zero-order valence-corrected chi connectivity index (χ0v) is 13.7. The van der Waals surface area contributed by atoms with Crippen LogP contribution in [0, 0.1) is 0 Å². The molecule has 6 nitrogen and oxygen atoms in total. The molecule has 8 heteroatoms. The first-order chi connectivity index (χ1) is 11.0. The van der Waals surface area contributed by atoms with Crippen LogP contribution in [-0.2, 0) is 4.79 Å². The Balaban J connectivity index is 1.69. The van der Waals surface area contributed by atoms with Gasteiger partial charge in [0.05, 0.1) is 10.8 Å². The maximum absolute atomic E-state index is 12.3. The van der Waals surface area contributed by atoms with Crippen LogP contribution in [-0.4, -0.2) is 22.0 Å². The summed E-state index contributed by atoms with van der Waals surface area (Å²) < 4.78 is 5.59. The van der Waals surface area contributed by atoms with E-state index in [0.717, 1.165) is 5.52 Å². The van der Waals surface area contributed by atoms with Crippen molar-refractivity contribution >= 4 is 51.0 Å². The summed E-state index contributed by atoms with van der Waals surface area (Å²) in [5, 5.41) is 4.86. The number of fused-ring (bicyclic) bond motifs is 1. The molecule has 3 rings (SSSR count). The SMILES string of the molecule is CC(Sc1nc2ccccc2o1)C(=O)Nc1sccc1C(N)=O. The number of para-hydroxylation sites is 2. The van der Waals surface area contributed by atoms with Crippen molar-refractivity contribution in [1.82, 2.24) is 4.98 Å². The van der Waals surface area contributed by atoms with Gasteiger partial charge >= 0.3 is 0 Å². The van der Waals surface area contributed by atoms with E-state index in [1.807, 2.05) is 24.3 Å². The van der Waals surface area contributed by atoms with Crippen molar-refractivity contribution in [2.45, 2.75) is 17.4 Å². The largest absolute Gasteiger partial charge is 0.431 e. The molecule has 2 heterocycles. The highest BCUT2D eigenvalue weighted by atomic mass is 32.2. The second kappa shape index (κ2) is 6.43. The van der Waals surface area contributed by atoms with Crippen LogP contribution in [0.3, 0.4) is 0 Å². The number of primary amides is 1. The van der Waals surface area contributed by atoms with E-state index in [9.17, 15) is 9.59 Å². The van der Waals surface area contributed by atoms with Gasteiger partial charge in [0.1, 0.15) is 10.5 Å². The van der Waals surface area contributed by atoms with E-state index >= 15 is 0 Å². The molecule has 0 spiro atoms. The molecule has 0 aliphatic carbocycles. The number of thiophene rings is 1. The molecule has 2 aromatic heterocycles. The van der Waals surface area contributed by atoms with Gasteiger partial charge in [0.15, 0.2) is 5.58 Å². The lowest BCUT2D eigenvalue weighted by atomic mass is 10.3. The van der Waals surface area contributed by atoms with Crippen molar-refractivity contribution in [3.8, 4) is 0 Å². The zero-order valence-electron chi connectivity index (χ0n) is 12.1. The van der Waals surface area contributed by atoms with Crippen LogP contribution >= 0.6 is 23.1 Å². The molecule has 118 valence electrons. The third-order valence-electron chi connectivity index (χ3n) is 3.09. The van der Waals surface area contributed by atoms with Gasteiger partial charge in [0.25, 0.3) is 11.1 Å². The number of nitrogens with one attached hydrogen (secondary N) is 1. The molecule has 0 bridgehead atoms. The van der Waals surface area contributed by atoms with E-state index in [0.29, 0.717) is 21.4 Å². The van der Waals surface area contributed by atoms with Crippen LogP contribution in [0.4, 0.5) is 5.00 Å². The summed E-state index contributed by atoms with van der Waals surface area (Å²) in [6.07, 6.45) is 0. The highest BCUT2D eigenvalue weighted by molar-refractivity contribution is 8.00. The normalized spacial score (nSPS) is 12.2. The number of benzene rings is 1. The van der Waals surface area contributed by atoms with Crippen LogP contribution in [0.5, 0.6) is 0 Å². The van der Waals surface area contributed by atoms with E-state index in [1.54, 1.807) is 18.4 Å². The van der Waals surface area contributed by atoms with Crippen molar-refractivity contribution in [3.63, 3.8) is 0 Å². The Labute approximate surface area is 140 Å². The molecular weight excluding hydrogens is 334 g/mol. The molecule has 0 aliphatic rings. The van der Waals surface area contributed by atoms with Gasteiger partial charge in [-0.1, -0.05) is 23.9 Å². The predicted molar refractivity (Wildman–Crippen MR) is 90.8 cm³/mol. The molecule has 23 heavy (non-hydrogen) atoms. The fourth-order valence-electron chi connectivity index (χ4n) is 1.92. The Morgan fingerprint density at radius 3 is 2.87 bits per heavy atom. The Hall–Kier alpha value is -2.32. The van der Waals surface area contributed by atoms with Gasteiger partial charge in [-0.2, -0.15) is 0 Å². The topological polar surface area (TPSA) is 98.2 Å². The first-order valence-electron chi connectivity index (χ1n) is 6.75. The second-order valence-electron chi connectivity index (χ2n) is 4.72. The maximum atomic E-state index is 12.3. The monoisotopic (exact) mass is 347 g/mol. The van der Waals surface area contributed by atoms with Crippen molar-refractivity contribution < 1.29 is 14.0 Å². The van der Waals surface area contributed by atoms with E-state index in [1.165, 1.54) is 23.1 Å². The van der Waals surface area contributed by atoms with Gasteiger partial charge in [-0.25, -0.2) is 4.98 Å². The first kappa shape index (κ1) is 15.6.